The zero-order valence-corrected chi connectivity index (χ0v) is 11.0. The maximum absolute atomic E-state index is 12.2. The topological polar surface area (TPSA) is 39.4 Å². The van der Waals surface area contributed by atoms with Crippen molar-refractivity contribution in [2.75, 3.05) is 6.61 Å². The van der Waals surface area contributed by atoms with Crippen LogP contribution in [0.4, 0.5) is 0 Å². The zero-order chi connectivity index (χ0) is 13.1. The van der Waals surface area contributed by atoms with Crippen LogP contribution < -0.4 is 0 Å². The van der Waals surface area contributed by atoms with E-state index in [2.05, 4.69) is 0 Å². The Bertz CT molecular complexity index is 554. The molecule has 3 nitrogen and oxygen atoms in total. The molecule has 0 aliphatic rings. The first kappa shape index (κ1) is 12.8. The summed E-state index contributed by atoms with van der Waals surface area (Å²) in [5, 5.41) is 0.963. The first-order valence-electron chi connectivity index (χ1n) is 6.32. The Morgan fingerprint density at radius 1 is 1.39 bits per heavy atom. The van der Waals surface area contributed by atoms with E-state index in [4.69, 9.17) is 9.15 Å². The molecule has 0 bridgehead atoms. The Hall–Kier alpha value is -1.61. The van der Waals surface area contributed by atoms with Gasteiger partial charge in [-0.1, -0.05) is 25.1 Å². The molecule has 1 unspecified atom stereocenters. The molecule has 2 aromatic rings. The number of fused-ring (bicyclic) bond motifs is 1. The van der Waals surface area contributed by atoms with Gasteiger partial charge in [-0.3, -0.25) is 4.79 Å². The highest BCUT2D eigenvalue weighted by molar-refractivity contribution is 6.00. The minimum Gasteiger partial charge on any atom is -0.453 e. The molecular formula is C15H18O3. The molecule has 1 atom stereocenters. The molecule has 2 rings (SSSR count). The predicted molar refractivity (Wildman–Crippen MR) is 71.0 cm³/mol. The third-order valence-corrected chi connectivity index (χ3v) is 3.01. The summed E-state index contributed by atoms with van der Waals surface area (Å²) in [4.78, 5) is 12.2. The molecule has 1 heterocycles. The molecule has 1 aromatic carbocycles. The monoisotopic (exact) mass is 246 g/mol. The van der Waals surface area contributed by atoms with E-state index in [1.54, 1.807) is 6.07 Å². The van der Waals surface area contributed by atoms with Crippen molar-refractivity contribution in [2.45, 2.75) is 33.3 Å². The van der Waals surface area contributed by atoms with Gasteiger partial charge in [-0.2, -0.15) is 0 Å². The molecule has 0 saturated heterocycles. The van der Waals surface area contributed by atoms with Crippen LogP contribution in [0.3, 0.4) is 0 Å². The zero-order valence-electron chi connectivity index (χ0n) is 11.0. The van der Waals surface area contributed by atoms with Crippen molar-refractivity contribution in [3.63, 3.8) is 0 Å². The van der Waals surface area contributed by atoms with Gasteiger partial charge in [0.05, 0.1) is 0 Å². The highest BCUT2D eigenvalue weighted by atomic mass is 16.5. The molecule has 18 heavy (non-hydrogen) atoms. The average Bonchev–Trinajstić information content (AvgIpc) is 2.80. The fraction of sp³-hybridized carbons (Fsp3) is 0.400. The Labute approximate surface area is 107 Å². The lowest BCUT2D eigenvalue weighted by Crippen LogP contribution is -2.23. The average molecular weight is 246 g/mol. The Morgan fingerprint density at radius 2 is 2.17 bits per heavy atom. The van der Waals surface area contributed by atoms with Crippen LogP contribution in [0.15, 0.2) is 28.7 Å². The van der Waals surface area contributed by atoms with Crippen LogP contribution in [0.2, 0.25) is 0 Å². The lowest BCUT2D eigenvalue weighted by molar-refractivity contribution is 0.0421. The number of benzene rings is 1. The van der Waals surface area contributed by atoms with Gasteiger partial charge in [-0.15, -0.1) is 0 Å². The largest absolute Gasteiger partial charge is 0.453 e. The van der Waals surface area contributed by atoms with Gasteiger partial charge in [0.2, 0.25) is 5.78 Å². The third kappa shape index (κ3) is 2.31. The van der Waals surface area contributed by atoms with E-state index in [1.807, 2.05) is 39.0 Å². The number of ketones is 1. The Morgan fingerprint density at radius 3 is 2.78 bits per heavy atom. The second-order valence-electron chi connectivity index (χ2n) is 4.32. The highest BCUT2D eigenvalue weighted by Gasteiger charge is 2.22. The Kier molecular flexibility index (Phi) is 3.82. The van der Waals surface area contributed by atoms with Gasteiger partial charge in [0.1, 0.15) is 11.7 Å². The molecule has 0 aliphatic carbocycles. The fourth-order valence-corrected chi connectivity index (χ4v) is 2.07. The number of carbonyl (C=O) groups excluding carboxylic acids is 1. The van der Waals surface area contributed by atoms with Gasteiger partial charge < -0.3 is 9.15 Å². The van der Waals surface area contributed by atoms with Crippen molar-refractivity contribution < 1.29 is 13.9 Å². The molecule has 0 amide bonds. The quantitative estimate of drug-likeness (QED) is 0.754. The van der Waals surface area contributed by atoms with Crippen LogP contribution in [0.1, 0.15) is 36.4 Å². The molecule has 96 valence electrons. The van der Waals surface area contributed by atoms with Crippen molar-refractivity contribution in [2.24, 2.45) is 0 Å². The first-order valence-corrected chi connectivity index (χ1v) is 6.32. The van der Waals surface area contributed by atoms with Crippen molar-refractivity contribution in [3.8, 4) is 0 Å². The van der Waals surface area contributed by atoms with Crippen LogP contribution >= 0.6 is 0 Å². The Balaban J connectivity index is 2.36. The molecule has 0 fully saturated rings. The number of para-hydroxylation sites is 1. The number of hydrogen-bond donors (Lipinski definition) is 0. The molecule has 3 heteroatoms. The number of hydrogen-bond acceptors (Lipinski definition) is 3. The summed E-state index contributed by atoms with van der Waals surface area (Å²) >= 11 is 0. The van der Waals surface area contributed by atoms with Gasteiger partial charge in [0.15, 0.2) is 5.76 Å². The van der Waals surface area contributed by atoms with Gasteiger partial charge in [0, 0.05) is 12.0 Å². The van der Waals surface area contributed by atoms with Gasteiger partial charge in [-0.05, 0) is 31.9 Å². The van der Waals surface area contributed by atoms with E-state index in [9.17, 15) is 4.79 Å². The lowest BCUT2D eigenvalue weighted by atomic mass is 10.1. The van der Waals surface area contributed by atoms with E-state index >= 15 is 0 Å². The third-order valence-electron chi connectivity index (χ3n) is 3.01. The van der Waals surface area contributed by atoms with Crippen LogP contribution in [0.5, 0.6) is 0 Å². The number of rotatable bonds is 5. The van der Waals surface area contributed by atoms with Crippen molar-refractivity contribution >= 4 is 16.8 Å². The van der Waals surface area contributed by atoms with Crippen molar-refractivity contribution in [1.82, 2.24) is 0 Å². The summed E-state index contributed by atoms with van der Waals surface area (Å²) in [6.45, 7) is 6.33. The molecule has 0 N–H and O–H groups in total. The van der Waals surface area contributed by atoms with Crippen LogP contribution in [0, 0.1) is 6.92 Å². The van der Waals surface area contributed by atoms with Crippen molar-refractivity contribution in [3.05, 3.63) is 35.6 Å². The van der Waals surface area contributed by atoms with E-state index in [0.29, 0.717) is 18.8 Å². The summed E-state index contributed by atoms with van der Waals surface area (Å²) in [6.07, 6.45) is 0.249. The number of aryl methyl sites for hydroxylation is 1. The minimum atomic E-state index is -0.407. The summed E-state index contributed by atoms with van der Waals surface area (Å²) in [5.74, 6) is 0.314. The van der Waals surface area contributed by atoms with E-state index in [1.165, 1.54) is 0 Å². The van der Waals surface area contributed by atoms with Gasteiger partial charge in [-0.25, -0.2) is 0 Å². The van der Waals surface area contributed by atoms with Crippen LogP contribution in [0.25, 0.3) is 11.0 Å². The summed E-state index contributed by atoms with van der Waals surface area (Å²) in [6, 6.07) is 7.68. The minimum absolute atomic E-state index is 0.0741. The normalized spacial score (nSPS) is 12.8. The van der Waals surface area contributed by atoms with Gasteiger partial charge >= 0.3 is 0 Å². The summed E-state index contributed by atoms with van der Waals surface area (Å²) in [7, 11) is 0. The second kappa shape index (κ2) is 5.36. The molecule has 0 aliphatic heterocycles. The smallest absolute Gasteiger partial charge is 0.226 e. The molecule has 0 radical (unpaired) electrons. The predicted octanol–water partition coefficient (Wildman–Crippen LogP) is 3.74. The molecule has 1 aromatic heterocycles. The summed E-state index contributed by atoms with van der Waals surface area (Å²) in [5.41, 5.74) is 1.82. The maximum Gasteiger partial charge on any atom is 0.226 e. The molecule has 0 saturated carbocycles. The van der Waals surface area contributed by atoms with E-state index in [-0.39, 0.29) is 5.78 Å². The van der Waals surface area contributed by atoms with Crippen LogP contribution in [-0.4, -0.2) is 18.5 Å². The molecular weight excluding hydrogens is 228 g/mol. The number of Topliss-reactive ketones (excluding diaryl/α,β-unsaturated/α-hetero) is 1. The standard InChI is InChI=1S/C15H18O3/c1-4-12(17-5-2)14(16)13-9-11-8-6-7-10(3)15(11)18-13/h6-9,12H,4-5H2,1-3H3. The maximum atomic E-state index is 12.2. The number of carbonyl (C=O) groups is 1. The molecule has 0 spiro atoms. The van der Waals surface area contributed by atoms with Crippen molar-refractivity contribution in [1.29, 1.82) is 0 Å². The summed E-state index contributed by atoms with van der Waals surface area (Å²) < 4.78 is 11.1. The lowest BCUT2D eigenvalue weighted by Gasteiger charge is -2.11. The van der Waals surface area contributed by atoms with Gasteiger partial charge in [0.25, 0.3) is 0 Å². The number of furan rings is 1. The fourth-order valence-electron chi connectivity index (χ4n) is 2.07. The highest BCUT2D eigenvalue weighted by Crippen LogP contribution is 2.24. The van der Waals surface area contributed by atoms with Crippen LogP contribution in [-0.2, 0) is 4.74 Å². The second-order valence-corrected chi connectivity index (χ2v) is 4.32. The first-order chi connectivity index (χ1) is 8.67. The van der Waals surface area contributed by atoms with E-state index < -0.39 is 6.10 Å². The number of ether oxygens (including phenoxy) is 1. The van der Waals surface area contributed by atoms with E-state index in [0.717, 1.165) is 16.5 Å². The SMILES string of the molecule is CCOC(CC)C(=O)c1cc2cccc(C)c2o1.